The van der Waals surface area contributed by atoms with Crippen LogP contribution in [0.3, 0.4) is 0 Å². The van der Waals surface area contributed by atoms with E-state index < -0.39 is 0 Å². The van der Waals surface area contributed by atoms with Crippen molar-refractivity contribution in [2.24, 2.45) is 0 Å². The van der Waals surface area contributed by atoms with Crippen molar-refractivity contribution in [1.82, 2.24) is 4.90 Å². The summed E-state index contributed by atoms with van der Waals surface area (Å²) in [6, 6.07) is 0. The van der Waals surface area contributed by atoms with E-state index in [1.54, 1.807) is 11.8 Å². The maximum atomic E-state index is 11.9. The number of amides is 2. The van der Waals surface area contributed by atoms with E-state index in [0.29, 0.717) is 13.0 Å². The molecular weight excluding hydrogens is 250 g/mol. The largest absolute Gasteiger partial charge is 0.382 e. The smallest absolute Gasteiger partial charge is 0.242 e. The van der Waals surface area contributed by atoms with Crippen LogP contribution in [0.2, 0.25) is 0 Å². The van der Waals surface area contributed by atoms with Crippen LogP contribution in [0.25, 0.3) is 0 Å². The van der Waals surface area contributed by atoms with E-state index in [9.17, 15) is 9.59 Å². The van der Waals surface area contributed by atoms with Crippen molar-refractivity contribution in [1.29, 1.82) is 0 Å². The second-order valence-electron chi connectivity index (χ2n) is 4.29. The van der Waals surface area contributed by atoms with E-state index in [0.717, 1.165) is 38.2 Å². The number of hydrogen-bond acceptors (Lipinski definition) is 4. The molecule has 18 heavy (non-hydrogen) atoms. The Kier molecular flexibility index (Phi) is 7.35. The van der Waals surface area contributed by atoms with Gasteiger partial charge in [0.25, 0.3) is 0 Å². The Morgan fingerprint density at radius 3 is 2.72 bits per heavy atom. The van der Waals surface area contributed by atoms with Crippen LogP contribution in [-0.2, 0) is 14.3 Å². The van der Waals surface area contributed by atoms with Gasteiger partial charge in [0.15, 0.2) is 0 Å². The Morgan fingerprint density at radius 2 is 2.06 bits per heavy atom. The average molecular weight is 273 g/mol. The molecular formula is C13H23NO3S. The molecule has 1 aliphatic rings. The highest BCUT2D eigenvalue weighted by Gasteiger charge is 2.37. The molecule has 4 nitrogen and oxygen atoms in total. The van der Waals surface area contributed by atoms with Crippen LogP contribution in [0.15, 0.2) is 0 Å². The number of carbonyl (C=O) groups is 2. The van der Waals surface area contributed by atoms with Gasteiger partial charge in [-0.1, -0.05) is 6.92 Å². The Hall–Kier alpha value is -0.550. The van der Waals surface area contributed by atoms with Gasteiger partial charge in [0, 0.05) is 26.2 Å². The lowest BCUT2D eigenvalue weighted by atomic mass is 10.2. The molecule has 0 aromatic rings. The van der Waals surface area contributed by atoms with E-state index in [1.807, 2.05) is 13.8 Å². The van der Waals surface area contributed by atoms with Gasteiger partial charge >= 0.3 is 0 Å². The van der Waals surface area contributed by atoms with Crippen LogP contribution in [0.4, 0.5) is 0 Å². The Bertz CT molecular complexity index is 283. The topological polar surface area (TPSA) is 46.6 Å². The number of ether oxygens (including phenoxy) is 1. The molecule has 1 aliphatic heterocycles. The van der Waals surface area contributed by atoms with Crippen molar-refractivity contribution in [2.45, 2.75) is 44.8 Å². The summed E-state index contributed by atoms with van der Waals surface area (Å²) in [5, 5.41) is -0.133. The zero-order chi connectivity index (χ0) is 13.4. The highest BCUT2D eigenvalue weighted by Crippen LogP contribution is 2.25. The molecule has 1 fully saturated rings. The normalized spacial score (nSPS) is 19.9. The zero-order valence-electron chi connectivity index (χ0n) is 11.3. The molecule has 0 radical (unpaired) electrons. The van der Waals surface area contributed by atoms with Crippen molar-refractivity contribution in [2.75, 3.05) is 25.5 Å². The van der Waals surface area contributed by atoms with E-state index >= 15 is 0 Å². The SMILES string of the molecule is CCOCCCCCN1C(=O)CC(SCC)C1=O. The molecule has 0 bridgehead atoms. The summed E-state index contributed by atoms with van der Waals surface area (Å²) in [6.07, 6.45) is 3.27. The van der Waals surface area contributed by atoms with Gasteiger partial charge in [-0.05, 0) is 31.9 Å². The Morgan fingerprint density at radius 1 is 1.28 bits per heavy atom. The molecule has 1 unspecified atom stereocenters. The molecule has 1 saturated heterocycles. The van der Waals surface area contributed by atoms with E-state index in [2.05, 4.69) is 0 Å². The predicted molar refractivity (Wildman–Crippen MR) is 73.6 cm³/mol. The number of rotatable bonds is 9. The number of imide groups is 1. The third kappa shape index (κ3) is 4.61. The minimum Gasteiger partial charge on any atom is -0.382 e. The molecule has 1 atom stereocenters. The molecule has 104 valence electrons. The molecule has 0 N–H and O–H groups in total. The second kappa shape index (κ2) is 8.53. The van der Waals surface area contributed by atoms with Crippen molar-refractivity contribution in [3.05, 3.63) is 0 Å². The Labute approximate surface area is 113 Å². The zero-order valence-corrected chi connectivity index (χ0v) is 12.1. The first-order valence-electron chi connectivity index (χ1n) is 6.74. The molecule has 0 aliphatic carbocycles. The lowest BCUT2D eigenvalue weighted by Crippen LogP contribution is -2.32. The van der Waals surface area contributed by atoms with Crippen LogP contribution in [0.1, 0.15) is 39.5 Å². The third-order valence-electron chi connectivity index (χ3n) is 2.94. The van der Waals surface area contributed by atoms with Gasteiger partial charge in [-0.2, -0.15) is 0 Å². The minimum atomic E-state index is -0.133. The quantitative estimate of drug-likeness (QED) is 0.476. The lowest BCUT2D eigenvalue weighted by molar-refractivity contribution is -0.138. The van der Waals surface area contributed by atoms with Crippen molar-refractivity contribution in [3.63, 3.8) is 0 Å². The van der Waals surface area contributed by atoms with Crippen LogP contribution < -0.4 is 0 Å². The number of nitrogens with zero attached hydrogens (tertiary/aromatic N) is 1. The van der Waals surface area contributed by atoms with E-state index in [-0.39, 0.29) is 17.1 Å². The van der Waals surface area contributed by atoms with Crippen molar-refractivity contribution in [3.8, 4) is 0 Å². The standard InChI is InChI=1S/C13H23NO3S/c1-3-17-9-7-5-6-8-14-12(15)10-11(13(14)16)18-4-2/h11H,3-10H2,1-2H3. The van der Waals surface area contributed by atoms with Gasteiger partial charge in [-0.25, -0.2) is 0 Å². The summed E-state index contributed by atoms with van der Waals surface area (Å²) in [4.78, 5) is 25.1. The molecule has 5 heteroatoms. The first-order valence-corrected chi connectivity index (χ1v) is 7.79. The minimum absolute atomic E-state index is 0.00393. The van der Waals surface area contributed by atoms with Crippen molar-refractivity contribution >= 4 is 23.6 Å². The summed E-state index contributed by atoms with van der Waals surface area (Å²) in [5.41, 5.74) is 0. The van der Waals surface area contributed by atoms with Gasteiger partial charge in [0.1, 0.15) is 0 Å². The summed E-state index contributed by atoms with van der Waals surface area (Å²) in [6.45, 7) is 6.09. The molecule has 0 aromatic heterocycles. The highest BCUT2D eigenvalue weighted by atomic mass is 32.2. The fourth-order valence-electron chi connectivity index (χ4n) is 2.01. The monoisotopic (exact) mass is 273 g/mol. The summed E-state index contributed by atoms with van der Waals surface area (Å²) >= 11 is 1.57. The maximum absolute atomic E-state index is 11.9. The van der Waals surface area contributed by atoms with Gasteiger partial charge in [0.05, 0.1) is 5.25 Å². The summed E-state index contributed by atoms with van der Waals surface area (Å²) < 4.78 is 5.25. The molecule has 0 saturated carbocycles. The van der Waals surface area contributed by atoms with Gasteiger partial charge in [0.2, 0.25) is 11.8 Å². The third-order valence-corrected chi connectivity index (χ3v) is 4.05. The molecule has 1 heterocycles. The number of likely N-dealkylation sites (tertiary alicyclic amines) is 1. The van der Waals surface area contributed by atoms with Crippen molar-refractivity contribution < 1.29 is 14.3 Å². The predicted octanol–water partition coefficient (Wildman–Crippen LogP) is 2.07. The van der Waals surface area contributed by atoms with Crippen LogP contribution in [-0.4, -0.2) is 47.5 Å². The second-order valence-corrected chi connectivity index (χ2v) is 5.77. The first kappa shape index (κ1) is 15.5. The molecule has 0 aromatic carbocycles. The number of thioether (sulfide) groups is 1. The Balaban J connectivity index is 2.21. The maximum Gasteiger partial charge on any atom is 0.242 e. The number of carbonyl (C=O) groups excluding carboxylic acids is 2. The number of unbranched alkanes of at least 4 members (excludes halogenated alkanes) is 2. The summed E-state index contributed by atoms with van der Waals surface area (Å²) in [7, 11) is 0. The molecule has 1 rings (SSSR count). The lowest BCUT2D eigenvalue weighted by Gasteiger charge is -2.14. The molecule has 2 amide bonds. The average Bonchev–Trinajstić information content (AvgIpc) is 2.61. The van der Waals surface area contributed by atoms with E-state index in [1.165, 1.54) is 4.90 Å². The van der Waals surface area contributed by atoms with Crippen LogP contribution in [0, 0.1) is 0 Å². The fraction of sp³-hybridized carbons (Fsp3) is 0.846. The fourth-order valence-corrected chi connectivity index (χ4v) is 2.95. The molecule has 0 spiro atoms. The van der Waals surface area contributed by atoms with Gasteiger partial charge in [-0.3, -0.25) is 14.5 Å². The highest BCUT2D eigenvalue weighted by molar-refractivity contribution is 8.00. The van der Waals surface area contributed by atoms with Crippen LogP contribution in [0.5, 0.6) is 0 Å². The number of hydrogen-bond donors (Lipinski definition) is 0. The van der Waals surface area contributed by atoms with E-state index in [4.69, 9.17) is 4.74 Å². The first-order chi connectivity index (χ1) is 8.70. The van der Waals surface area contributed by atoms with Gasteiger partial charge in [-0.15, -0.1) is 11.8 Å². The van der Waals surface area contributed by atoms with Crippen LogP contribution >= 0.6 is 11.8 Å². The summed E-state index contributed by atoms with van der Waals surface area (Å²) in [5.74, 6) is 0.888. The van der Waals surface area contributed by atoms with Gasteiger partial charge < -0.3 is 4.74 Å².